The molecule has 0 aliphatic rings. The van der Waals surface area contributed by atoms with Crippen LogP contribution in [0, 0.1) is 10.1 Å². The number of aromatic nitrogens is 2. The standard InChI is InChI=1S/C12H22ClN3O4Si/c1-12(2,3)21(4,5)20-8-9(17)6-15-7-10(16(18)19)14-11(15)13/h7,9,17H,6,8H2,1-5H3. The van der Waals surface area contributed by atoms with E-state index in [2.05, 4.69) is 38.8 Å². The van der Waals surface area contributed by atoms with Crippen LogP contribution in [-0.2, 0) is 11.0 Å². The van der Waals surface area contributed by atoms with E-state index >= 15 is 0 Å². The average molecular weight is 336 g/mol. The van der Waals surface area contributed by atoms with E-state index in [1.165, 1.54) is 10.8 Å². The molecule has 9 heteroatoms. The van der Waals surface area contributed by atoms with Crippen molar-refractivity contribution in [2.75, 3.05) is 6.61 Å². The summed E-state index contributed by atoms with van der Waals surface area (Å²) in [5.74, 6) is -0.336. The number of rotatable bonds is 6. The highest BCUT2D eigenvalue weighted by atomic mass is 35.5. The Hall–Kier alpha value is -0.963. The highest BCUT2D eigenvalue weighted by Gasteiger charge is 2.37. The first-order valence-corrected chi connectivity index (χ1v) is 9.92. The minimum atomic E-state index is -1.94. The largest absolute Gasteiger partial charge is 0.414 e. The second-order valence-corrected chi connectivity index (χ2v) is 11.7. The van der Waals surface area contributed by atoms with Gasteiger partial charge in [0.2, 0.25) is 0 Å². The molecule has 21 heavy (non-hydrogen) atoms. The molecule has 0 saturated heterocycles. The second kappa shape index (κ2) is 6.43. The Bertz CT molecular complexity index is 513. The van der Waals surface area contributed by atoms with E-state index in [-0.39, 0.29) is 29.3 Å². The molecule has 1 unspecified atom stereocenters. The molecule has 1 heterocycles. The van der Waals surface area contributed by atoms with E-state index < -0.39 is 19.3 Å². The van der Waals surface area contributed by atoms with Gasteiger partial charge in [-0.2, -0.15) is 0 Å². The molecular formula is C12H22ClN3O4Si. The summed E-state index contributed by atoms with van der Waals surface area (Å²) >= 11 is 5.80. The molecule has 0 bridgehead atoms. The fraction of sp³-hybridized carbons (Fsp3) is 0.750. The predicted molar refractivity (Wildman–Crippen MR) is 83.0 cm³/mol. The summed E-state index contributed by atoms with van der Waals surface area (Å²) in [5, 5.41) is 20.7. The Balaban J connectivity index is 2.62. The molecule has 0 aromatic carbocycles. The van der Waals surface area contributed by atoms with Crippen LogP contribution >= 0.6 is 11.6 Å². The van der Waals surface area contributed by atoms with Gasteiger partial charge in [0.25, 0.3) is 0 Å². The molecule has 1 aromatic heterocycles. The number of aliphatic hydroxyl groups is 1. The summed E-state index contributed by atoms with van der Waals surface area (Å²) < 4.78 is 7.25. The minimum absolute atomic E-state index is 0.0203. The molecule has 1 atom stereocenters. The van der Waals surface area contributed by atoms with Crippen LogP contribution in [0.2, 0.25) is 23.4 Å². The van der Waals surface area contributed by atoms with Crippen LogP contribution in [0.5, 0.6) is 0 Å². The minimum Gasteiger partial charge on any atom is -0.414 e. The van der Waals surface area contributed by atoms with Gasteiger partial charge in [-0.3, -0.25) is 4.57 Å². The maximum absolute atomic E-state index is 10.6. The fourth-order valence-corrected chi connectivity index (χ4v) is 2.64. The number of halogens is 1. The molecule has 0 saturated carbocycles. The van der Waals surface area contributed by atoms with Gasteiger partial charge in [-0.25, -0.2) is 0 Å². The van der Waals surface area contributed by atoms with Crippen molar-refractivity contribution in [3.8, 4) is 0 Å². The summed E-state index contributed by atoms with van der Waals surface area (Å²) in [6, 6.07) is 0. The van der Waals surface area contributed by atoms with Crippen molar-refractivity contribution < 1.29 is 14.5 Å². The van der Waals surface area contributed by atoms with Crippen LogP contribution in [0.3, 0.4) is 0 Å². The van der Waals surface area contributed by atoms with Crippen molar-refractivity contribution in [1.29, 1.82) is 0 Å². The van der Waals surface area contributed by atoms with E-state index in [0.717, 1.165) is 0 Å². The van der Waals surface area contributed by atoms with Crippen molar-refractivity contribution >= 4 is 25.7 Å². The van der Waals surface area contributed by atoms with Crippen LogP contribution in [0.25, 0.3) is 0 Å². The van der Waals surface area contributed by atoms with Gasteiger partial charge in [-0.1, -0.05) is 20.8 Å². The number of aliphatic hydroxyl groups excluding tert-OH is 1. The van der Waals surface area contributed by atoms with Crippen molar-refractivity contribution in [3.05, 3.63) is 21.6 Å². The van der Waals surface area contributed by atoms with Gasteiger partial charge < -0.3 is 19.6 Å². The SMILES string of the molecule is CC(C)(C)[Si](C)(C)OCC(O)Cn1cc([N+](=O)[O-])nc1Cl. The molecule has 0 aliphatic carbocycles. The average Bonchev–Trinajstić information content (AvgIpc) is 2.67. The van der Waals surface area contributed by atoms with Crippen LogP contribution in [0.1, 0.15) is 20.8 Å². The highest BCUT2D eigenvalue weighted by molar-refractivity contribution is 6.74. The summed E-state index contributed by atoms with van der Waals surface area (Å²) in [6.07, 6.45) is 0.406. The maximum Gasteiger partial charge on any atom is 0.383 e. The lowest BCUT2D eigenvalue weighted by Crippen LogP contribution is -2.43. The molecule has 0 fully saturated rings. The van der Waals surface area contributed by atoms with Crippen molar-refractivity contribution in [1.82, 2.24) is 9.55 Å². The molecular weight excluding hydrogens is 314 g/mol. The van der Waals surface area contributed by atoms with Gasteiger partial charge in [0.1, 0.15) is 6.20 Å². The van der Waals surface area contributed by atoms with Crippen molar-refractivity contribution in [3.63, 3.8) is 0 Å². The highest BCUT2D eigenvalue weighted by Crippen LogP contribution is 2.36. The topological polar surface area (TPSA) is 90.4 Å². The van der Waals surface area contributed by atoms with Gasteiger partial charge in [0.15, 0.2) is 8.32 Å². The van der Waals surface area contributed by atoms with E-state index in [4.69, 9.17) is 16.0 Å². The molecule has 120 valence electrons. The number of nitrogens with zero attached hydrogens (tertiary/aromatic N) is 3. The van der Waals surface area contributed by atoms with Crippen molar-refractivity contribution in [2.45, 2.75) is 51.6 Å². The van der Waals surface area contributed by atoms with Crippen molar-refractivity contribution in [2.24, 2.45) is 0 Å². The first-order valence-electron chi connectivity index (χ1n) is 6.63. The molecule has 0 amide bonds. The van der Waals surface area contributed by atoms with Crippen LogP contribution < -0.4 is 0 Å². The molecule has 0 aliphatic heterocycles. The monoisotopic (exact) mass is 335 g/mol. The quantitative estimate of drug-likeness (QED) is 0.490. The van der Waals surface area contributed by atoms with Crippen LogP contribution in [0.15, 0.2) is 6.20 Å². The van der Waals surface area contributed by atoms with Gasteiger partial charge >= 0.3 is 11.1 Å². The molecule has 0 radical (unpaired) electrons. The summed E-state index contributed by atoms with van der Waals surface area (Å²) in [5.41, 5.74) is 0. The van der Waals surface area contributed by atoms with E-state index in [0.29, 0.717) is 0 Å². The van der Waals surface area contributed by atoms with Crippen LogP contribution in [0.4, 0.5) is 5.82 Å². The molecule has 1 N–H and O–H groups in total. The van der Waals surface area contributed by atoms with E-state index in [1.54, 1.807) is 0 Å². The third-order valence-electron chi connectivity index (χ3n) is 3.75. The Morgan fingerprint density at radius 1 is 1.57 bits per heavy atom. The molecule has 0 spiro atoms. The van der Waals surface area contributed by atoms with Crippen LogP contribution in [-0.4, -0.2) is 40.6 Å². The first-order chi connectivity index (χ1) is 9.44. The predicted octanol–water partition coefficient (Wildman–Crippen LogP) is 2.83. The number of hydrogen-bond donors (Lipinski definition) is 1. The first kappa shape index (κ1) is 18.1. The summed E-state index contributed by atoms with van der Waals surface area (Å²) in [4.78, 5) is 13.6. The van der Waals surface area contributed by atoms with E-state index in [1.807, 2.05) is 0 Å². The van der Waals surface area contributed by atoms with Gasteiger partial charge in [-0.15, -0.1) is 0 Å². The van der Waals surface area contributed by atoms with E-state index in [9.17, 15) is 15.2 Å². The Labute approximate surface area is 130 Å². The fourth-order valence-electron chi connectivity index (χ4n) is 1.40. The number of nitro groups is 1. The normalized spacial score (nSPS) is 14.2. The zero-order valence-electron chi connectivity index (χ0n) is 13.0. The maximum atomic E-state index is 10.6. The molecule has 1 rings (SSSR count). The lowest BCUT2D eigenvalue weighted by molar-refractivity contribution is -0.389. The Morgan fingerprint density at radius 2 is 2.14 bits per heavy atom. The van der Waals surface area contributed by atoms with Gasteiger partial charge in [0.05, 0.1) is 19.3 Å². The third-order valence-corrected chi connectivity index (χ3v) is 8.55. The number of hydrogen-bond acceptors (Lipinski definition) is 5. The zero-order chi connectivity index (χ0) is 16.4. The molecule has 7 nitrogen and oxygen atoms in total. The van der Waals surface area contributed by atoms with Gasteiger partial charge in [-0.05, 0) is 39.6 Å². The third kappa shape index (κ3) is 4.77. The Morgan fingerprint density at radius 3 is 2.57 bits per heavy atom. The lowest BCUT2D eigenvalue weighted by Gasteiger charge is -2.36. The summed E-state index contributed by atoms with van der Waals surface area (Å²) in [7, 11) is -1.94. The lowest BCUT2D eigenvalue weighted by atomic mass is 10.2. The summed E-state index contributed by atoms with van der Waals surface area (Å²) in [6.45, 7) is 10.8. The Kier molecular flexibility index (Phi) is 5.54. The second-order valence-electron chi connectivity index (χ2n) is 6.50. The zero-order valence-corrected chi connectivity index (χ0v) is 14.7. The molecule has 1 aromatic rings. The number of imidazole rings is 1. The van der Waals surface area contributed by atoms with Gasteiger partial charge in [0, 0.05) is 0 Å². The smallest absolute Gasteiger partial charge is 0.383 e.